The fourth-order valence-corrected chi connectivity index (χ4v) is 1.41. The van der Waals surface area contributed by atoms with Crippen molar-refractivity contribution in [1.29, 1.82) is 0 Å². The van der Waals surface area contributed by atoms with Crippen LogP contribution in [0.5, 0.6) is 5.75 Å². The zero-order chi connectivity index (χ0) is 11.7. The number of phenols is 1. The van der Waals surface area contributed by atoms with Gasteiger partial charge in [-0.15, -0.1) is 5.10 Å². The zero-order valence-electron chi connectivity index (χ0n) is 8.45. The molecule has 2 aromatic rings. The third-order valence-electron chi connectivity index (χ3n) is 2.12. The Morgan fingerprint density at radius 1 is 1.44 bits per heavy atom. The van der Waals surface area contributed by atoms with Crippen LogP contribution in [-0.4, -0.2) is 31.2 Å². The molecule has 1 aromatic carbocycles. The van der Waals surface area contributed by atoms with Crippen molar-refractivity contribution < 1.29 is 15.0 Å². The number of aromatic carboxylic acids is 1. The summed E-state index contributed by atoms with van der Waals surface area (Å²) in [5, 5.41) is 25.7. The van der Waals surface area contributed by atoms with Crippen LogP contribution in [0.15, 0.2) is 24.3 Å². The minimum atomic E-state index is -1.11. The van der Waals surface area contributed by atoms with Crippen LogP contribution in [-0.2, 0) is 0 Å². The van der Waals surface area contributed by atoms with Crippen LogP contribution in [0.25, 0.3) is 5.69 Å². The molecule has 0 saturated carbocycles. The van der Waals surface area contributed by atoms with Crippen LogP contribution >= 0.6 is 0 Å². The molecule has 0 radical (unpaired) electrons. The third kappa shape index (κ3) is 1.60. The Kier molecular flexibility index (Phi) is 2.32. The summed E-state index contributed by atoms with van der Waals surface area (Å²) in [5.74, 6) is -1.06. The van der Waals surface area contributed by atoms with Crippen molar-refractivity contribution in [3.63, 3.8) is 0 Å². The van der Waals surface area contributed by atoms with E-state index < -0.39 is 5.97 Å². The van der Waals surface area contributed by atoms with Gasteiger partial charge in [-0.1, -0.05) is 11.3 Å². The van der Waals surface area contributed by atoms with E-state index in [9.17, 15) is 9.90 Å². The standard InChI is InChI=1S/C10H9N3O3/c1-6-9(10(15)16)13(12-11-6)7-3-2-4-8(14)5-7/h2-5,14H,1H3,(H,15,16). The highest BCUT2D eigenvalue weighted by Gasteiger charge is 2.17. The number of carbonyl (C=O) groups is 1. The number of nitrogens with zero attached hydrogens (tertiary/aromatic N) is 3. The van der Waals surface area contributed by atoms with Gasteiger partial charge in [-0.05, 0) is 19.1 Å². The lowest BCUT2D eigenvalue weighted by Crippen LogP contribution is -2.09. The van der Waals surface area contributed by atoms with Crippen LogP contribution in [0.3, 0.4) is 0 Å². The Labute approximate surface area is 90.8 Å². The smallest absolute Gasteiger partial charge is 0.356 e. The SMILES string of the molecule is Cc1nnn(-c2cccc(O)c2)c1C(=O)O. The largest absolute Gasteiger partial charge is 0.508 e. The van der Waals surface area contributed by atoms with Gasteiger partial charge < -0.3 is 10.2 Å². The quantitative estimate of drug-likeness (QED) is 0.785. The molecule has 1 heterocycles. The van der Waals surface area contributed by atoms with E-state index in [2.05, 4.69) is 10.3 Å². The Balaban J connectivity index is 2.60. The molecular weight excluding hydrogens is 210 g/mol. The molecule has 0 amide bonds. The summed E-state index contributed by atoms with van der Waals surface area (Å²) < 4.78 is 1.18. The maximum atomic E-state index is 11.0. The van der Waals surface area contributed by atoms with Gasteiger partial charge in [-0.25, -0.2) is 9.48 Å². The average molecular weight is 219 g/mol. The number of hydrogen-bond donors (Lipinski definition) is 2. The average Bonchev–Trinajstić information content (AvgIpc) is 2.60. The number of aromatic hydroxyl groups is 1. The summed E-state index contributed by atoms with van der Waals surface area (Å²) in [7, 11) is 0. The summed E-state index contributed by atoms with van der Waals surface area (Å²) in [5.41, 5.74) is 0.777. The molecule has 16 heavy (non-hydrogen) atoms. The van der Waals surface area contributed by atoms with Gasteiger partial charge in [0.05, 0.1) is 11.4 Å². The Morgan fingerprint density at radius 3 is 2.81 bits per heavy atom. The van der Waals surface area contributed by atoms with E-state index in [1.807, 2.05) is 0 Å². The monoisotopic (exact) mass is 219 g/mol. The molecule has 0 saturated heterocycles. The Bertz CT molecular complexity index is 548. The van der Waals surface area contributed by atoms with Crippen LogP contribution in [0.2, 0.25) is 0 Å². The molecule has 2 rings (SSSR count). The molecule has 0 unspecified atom stereocenters. The van der Waals surface area contributed by atoms with Crippen molar-refractivity contribution in [2.24, 2.45) is 0 Å². The maximum Gasteiger partial charge on any atom is 0.356 e. The van der Waals surface area contributed by atoms with Gasteiger partial charge in [-0.3, -0.25) is 0 Å². The second kappa shape index (κ2) is 3.65. The summed E-state index contributed by atoms with van der Waals surface area (Å²) in [6, 6.07) is 6.15. The van der Waals surface area contributed by atoms with E-state index in [1.165, 1.54) is 16.8 Å². The molecular formula is C10H9N3O3. The highest BCUT2D eigenvalue weighted by atomic mass is 16.4. The first kappa shape index (κ1) is 10.2. The molecule has 0 spiro atoms. The summed E-state index contributed by atoms with van der Waals surface area (Å²) in [6.07, 6.45) is 0. The lowest BCUT2D eigenvalue weighted by molar-refractivity contribution is 0.0686. The van der Waals surface area contributed by atoms with E-state index in [0.717, 1.165) is 0 Å². The normalized spacial score (nSPS) is 10.3. The van der Waals surface area contributed by atoms with Gasteiger partial charge in [0.2, 0.25) is 0 Å². The molecule has 0 aliphatic carbocycles. The second-order valence-electron chi connectivity index (χ2n) is 3.26. The number of hydrogen-bond acceptors (Lipinski definition) is 4. The fraction of sp³-hybridized carbons (Fsp3) is 0.100. The van der Waals surface area contributed by atoms with Crippen molar-refractivity contribution in [2.75, 3.05) is 0 Å². The fourth-order valence-electron chi connectivity index (χ4n) is 1.41. The number of carboxylic acids is 1. The van der Waals surface area contributed by atoms with E-state index in [0.29, 0.717) is 11.4 Å². The van der Waals surface area contributed by atoms with Gasteiger partial charge in [0.25, 0.3) is 0 Å². The van der Waals surface area contributed by atoms with Crippen molar-refractivity contribution in [2.45, 2.75) is 6.92 Å². The summed E-state index contributed by atoms with van der Waals surface area (Å²) >= 11 is 0. The number of benzene rings is 1. The lowest BCUT2D eigenvalue weighted by Gasteiger charge is -2.03. The molecule has 0 fully saturated rings. The number of phenolic OH excluding ortho intramolecular Hbond substituents is 1. The first-order chi connectivity index (χ1) is 7.59. The second-order valence-corrected chi connectivity index (χ2v) is 3.26. The zero-order valence-corrected chi connectivity index (χ0v) is 8.45. The molecule has 0 bridgehead atoms. The number of aryl methyl sites for hydroxylation is 1. The molecule has 0 atom stereocenters. The van der Waals surface area contributed by atoms with Gasteiger partial charge in [-0.2, -0.15) is 0 Å². The van der Waals surface area contributed by atoms with E-state index in [-0.39, 0.29) is 11.4 Å². The topological polar surface area (TPSA) is 88.2 Å². The predicted octanol–water partition coefficient (Wildman–Crippen LogP) is 0.980. The highest BCUT2D eigenvalue weighted by Crippen LogP contribution is 2.17. The van der Waals surface area contributed by atoms with Crippen LogP contribution in [0.1, 0.15) is 16.2 Å². The predicted molar refractivity (Wildman–Crippen MR) is 54.7 cm³/mol. The van der Waals surface area contributed by atoms with E-state index in [1.54, 1.807) is 19.1 Å². The molecule has 0 aliphatic rings. The Morgan fingerprint density at radius 2 is 2.19 bits per heavy atom. The van der Waals surface area contributed by atoms with Crippen molar-refractivity contribution >= 4 is 5.97 Å². The molecule has 1 aromatic heterocycles. The number of rotatable bonds is 2. The molecule has 82 valence electrons. The van der Waals surface area contributed by atoms with E-state index >= 15 is 0 Å². The van der Waals surface area contributed by atoms with Crippen LogP contribution in [0.4, 0.5) is 0 Å². The van der Waals surface area contributed by atoms with Crippen LogP contribution < -0.4 is 0 Å². The first-order valence-corrected chi connectivity index (χ1v) is 4.54. The summed E-state index contributed by atoms with van der Waals surface area (Å²) in [4.78, 5) is 11.0. The lowest BCUT2D eigenvalue weighted by atomic mass is 10.3. The van der Waals surface area contributed by atoms with Crippen molar-refractivity contribution in [1.82, 2.24) is 15.0 Å². The van der Waals surface area contributed by atoms with Gasteiger partial charge in [0.15, 0.2) is 5.69 Å². The van der Waals surface area contributed by atoms with E-state index in [4.69, 9.17) is 5.11 Å². The van der Waals surface area contributed by atoms with Crippen molar-refractivity contribution in [3.8, 4) is 11.4 Å². The molecule has 6 nitrogen and oxygen atoms in total. The third-order valence-corrected chi connectivity index (χ3v) is 2.12. The maximum absolute atomic E-state index is 11.0. The Hall–Kier alpha value is -2.37. The summed E-state index contributed by atoms with van der Waals surface area (Å²) in [6.45, 7) is 1.57. The van der Waals surface area contributed by atoms with Gasteiger partial charge in [0.1, 0.15) is 5.75 Å². The number of aromatic nitrogens is 3. The van der Waals surface area contributed by atoms with Gasteiger partial charge >= 0.3 is 5.97 Å². The molecule has 0 aliphatic heterocycles. The van der Waals surface area contributed by atoms with Crippen LogP contribution in [0, 0.1) is 6.92 Å². The number of carboxylic acid groups (broad SMARTS) is 1. The van der Waals surface area contributed by atoms with Crippen molar-refractivity contribution in [3.05, 3.63) is 35.7 Å². The highest BCUT2D eigenvalue weighted by molar-refractivity contribution is 5.87. The minimum Gasteiger partial charge on any atom is -0.508 e. The first-order valence-electron chi connectivity index (χ1n) is 4.54. The molecule has 6 heteroatoms. The minimum absolute atomic E-state index is 0.00870. The molecule has 2 N–H and O–H groups in total. The van der Waals surface area contributed by atoms with Gasteiger partial charge in [0, 0.05) is 6.07 Å².